The Morgan fingerprint density at radius 1 is 1.02 bits per heavy atom. The standard InChI is InChI=1S/C30H25N7O2S/c1-36(29(39)20-7-3-2-4-8-20)23-10-11-25-24(17-23)34-30(37(25)16-14-22-9-5-6-15-31-22)35-28(38)27-13-12-26(40-27)21-18-32-33-19-21/h2-13,15,17-19H,14,16H2,1H3,(H,32,33)(H,34,35,38). The van der Waals surface area contributed by atoms with Gasteiger partial charge in [-0.15, -0.1) is 11.3 Å². The van der Waals surface area contributed by atoms with E-state index in [-0.39, 0.29) is 11.8 Å². The second-order valence-corrected chi connectivity index (χ2v) is 10.3. The maximum Gasteiger partial charge on any atom is 0.268 e. The highest BCUT2D eigenvalue weighted by atomic mass is 32.1. The van der Waals surface area contributed by atoms with Crippen molar-refractivity contribution in [1.82, 2.24) is 24.7 Å². The van der Waals surface area contributed by atoms with E-state index in [1.54, 1.807) is 48.7 Å². The normalized spacial score (nSPS) is 11.0. The molecule has 0 unspecified atom stereocenters. The average molecular weight is 548 g/mol. The molecule has 2 N–H and O–H groups in total. The Morgan fingerprint density at radius 2 is 1.88 bits per heavy atom. The number of amides is 2. The van der Waals surface area contributed by atoms with Crippen LogP contribution in [0.25, 0.3) is 21.5 Å². The number of hydrogen-bond donors (Lipinski definition) is 2. The summed E-state index contributed by atoms with van der Waals surface area (Å²) in [6.45, 7) is 0.561. The fourth-order valence-electron chi connectivity index (χ4n) is 4.48. The Bertz CT molecular complexity index is 1780. The molecule has 0 saturated heterocycles. The lowest BCUT2D eigenvalue weighted by Gasteiger charge is -2.17. The zero-order valence-corrected chi connectivity index (χ0v) is 22.4. The number of aromatic amines is 1. The number of aryl methyl sites for hydroxylation is 2. The molecule has 0 aliphatic carbocycles. The number of thiophene rings is 1. The topological polar surface area (TPSA) is 109 Å². The number of aromatic nitrogens is 5. The number of benzene rings is 2. The van der Waals surface area contributed by atoms with Crippen molar-refractivity contribution in [3.8, 4) is 10.4 Å². The number of rotatable bonds is 8. The van der Waals surface area contributed by atoms with Crippen molar-refractivity contribution in [3.05, 3.63) is 114 Å². The first kappa shape index (κ1) is 25.2. The van der Waals surface area contributed by atoms with Gasteiger partial charge in [0.25, 0.3) is 11.8 Å². The van der Waals surface area contributed by atoms with Gasteiger partial charge in [0.05, 0.1) is 22.1 Å². The maximum absolute atomic E-state index is 13.3. The minimum atomic E-state index is -0.245. The lowest BCUT2D eigenvalue weighted by Crippen LogP contribution is -2.26. The van der Waals surface area contributed by atoms with E-state index in [9.17, 15) is 9.59 Å². The average Bonchev–Trinajstić information content (AvgIpc) is 3.76. The van der Waals surface area contributed by atoms with Crippen LogP contribution in [-0.2, 0) is 13.0 Å². The number of anilines is 2. The number of nitrogens with one attached hydrogen (secondary N) is 2. The summed E-state index contributed by atoms with van der Waals surface area (Å²) in [6.07, 6.45) is 5.95. The molecule has 0 atom stereocenters. The van der Waals surface area contributed by atoms with Crippen molar-refractivity contribution in [3.63, 3.8) is 0 Å². The van der Waals surface area contributed by atoms with E-state index in [2.05, 4.69) is 20.5 Å². The molecule has 2 amide bonds. The fourth-order valence-corrected chi connectivity index (χ4v) is 5.36. The first-order chi connectivity index (χ1) is 19.6. The van der Waals surface area contributed by atoms with Crippen LogP contribution in [0, 0.1) is 0 Å². The van der Waals surface area contributed by atoms with Crippen LogP contribution in [0.15, 0.2) is 97.5 Å². The van der Waals surface area contributed by atoms with Crippen molar-refractivity contribution < 1.29 is 9.59 Å². The summed E-state index contributed by atoms with van der Waals surface area (Å²) in [5.74, 6) is 0.0725. The number of hydrogen-bond acceptors (Lipinski definition) is 6. The second-order valence-electron chi connectivity index (χ2n) is 9.17. The Morgan fingerprint density at radius 3 is 2.65 bits per heavy atom. The number of imidazole rings is 1. The molecule has 0 fully saturated rings. The number of nitrogens with zero attached hydrogens (tertiary/aromatic N) is 5. The zero-order valence-electron chi connectivity index (χ0n) is 21.6. The quantitative estimate of drug-likeness (QED) is 0.256. The largest absolute Gasteiger partial charge is 0.311 e. The zero-order chi connectivity index (χ0) is 27.5. The monoisotopic (exact) mass is 547 g/mol. The van der Waals surface area contributed by atoms with Gasteiger partial charge in [-0.25, -0.2) is 4.98 Å². The molecule has 4 aromatic heterocycles. The van der Waals surface area contributed by atoms with Gasteiger partial charge in [0.1, 0.15) is 0 Å². The van der Waals surface area contributed by atoms with Gasteiger partial charge in [-0.05, 0) is 54.6 Å². The minimum Gasteiger partial charge on any atom is -0.311 e. The van der Waals surface area contributed by atoms with Crippen molar-refractivity contribution >= 4 is 45.8 Å². The first-order valence-corrected chi connectivity index (χ1v) is 13.5. The van der Waals surface area contributed by atoms with Gasteiger partial charge in [0.2, 0.25) is 5.95 Å². The minimum absolute atomic E-state index is 0.116. The predicted molar refractivity (Wildman–Crippen MR) is 157 cm³/mol. The summed E-state index contributed by atoms with van der Waals surface area (Å²) in [6, 6.07) is 24.4. The van der Waals surface area contributed by atoms with Crippen molar-refractivity contribution in [2.75, 3.05) is 17.3 Å². The summed E-state index contributed by atoms with van der Waals surface area (Å²) >= 11 is 1.39. The van der Waals surface area contributed by atoms with Gasteiger partial charge in [-0.3, -0.25) is 25.0 Å². The van der Waals surface area contributed by atoms with Crippen LogP contribution in [0.3, 0.4) is 0 Å². The number of carbonyl (C=O) groups excluding carboxylic acids is 2. The molecule has 0 aliphatic heterocycles. The van der Waals surface area contributed by atoms with Crippen LogP contribution in [0.2, 0.25) is 0 Å². The lowest BCUT2D eigenvalue weighted by molar-refractivity contribution is 0.0991. The van der Waals surface area contributed by atoms with E-state index in [0.717, 1.165) is 21.7 Å². The van der Waals surface area contributed by atoms with Crippen molar-refractivity contribution in [2.45, 2.75) is 13.0 Å². The smallest absolute Gasteiger partial charge is 0.268 e. The molecule has 0 spiro atoms. The Kier molecular flexibility index (Phi) is 6.90. The van der Waals surface area contributed by atoms with Crippen LogP contribution >= 0.6 is 11.3 Å². The highest BCUT2D eigenvalue weighted by Crippen LogP contribution is 2.29. The first-order valence-electron chi connectivity index (χ1n) is 12.7. The molecule has 0 radical (unpaired) electrons. The fraction of sp³-hybridized carbons (Fsp3) is 0.100. The summed E-state index contributed by atoms with van der Waals surface area (Å²) in [5, 5.41) is 9.79. The van der Waals surface area contributed by atoms with E-state index < -0.39 is 0 Å². The third-order valence-corrected chi connectivity index (χ3v) is 7.73. The summed E-state index contributed by atoms with van der Waals surface area (Å²) < 4.78 is 1.98. The highest BCUT2D eigenvalue weighted by molar-refractivity contribution is 7.17. The van der Waals surface area contributed by atoms with Crippen molar-refractivity contribution in [1.29, 1.82) is 0 Å². The van der Waals surface area contributed by atoms with E-state index in [0.29, 0.717) is 40.6 Å². The Balaban J connectivity index is 1.31. The molecule has 4 heterocycles. The number of pyridine rings is 1. The summed E-state index contributed by atoms with van der Waals surface area (Å²) in [4.78, 5) is 38.6. The molecule has 10 heteroatoms. The number of carbonyl (C=O) groups is 2. The number of H-pyrrole nitrogens is 1. The van der Waals surface area contributed by atoms with Crippen LogP contribution in [-0.4, -0.2) is 43.6 Å². The van der Waals surface area contributed by atoms with Gasteiger partial charge in [0.15, 0.2) is 0 Å². The van der Waals surface area contributed by atoms with E-state index in [1.165, 1.54) is 11.3 Å². The lowest BCUT2D eigenvalue weighted by atomic mass is 10.2. The summed E-state index contributed by atoms with van der Waals surface area (Å²) in [7, 11) is 1.74. The van der Waals surface area contributed by atoms with Gasteiger partial charge >= 0.3 is 0 Å². The third kappa shape index (κ3) is 5.12. The van der Waals surface area contributed by atoms with Crippen molar-refractivity contribution in [2.24, 2.45) is 0 Å². The third-order valence-electron chi connectivity index (χ3n) is 6.60. The second kappa shape index (κ2) is 11.0. The van der Waals surface area contributed by atoms with Gasteiger partial charge in [-0.1, -0.05) is 24.3 Å². The van der Waals surface area contributed by atoms with Gasteiger partial charge < -0.3 is 9.47 Å². The van der Waals surface area contributed by atoms with E-state index >= 15 is 0 Å². The molecule has 40 heavy (non-hydrogen) atoms. The molecular weight excluding hydrogens is 522 g/mol. The molecule has 9 nitrogen and oxygen atoms in total. The molecule has 6 rings (SSSR count). The molecule has 6 aromatic rings. The molecular formula is C30H25N7O2S. The molecule has 2 aromatic carbocycles. The van der Waals surface area contributed by atoms with Gasteiger partial charge in [0, 0.05) is 59.8 Å². The predicted octanol–water partition coefficient (Wildman–Crippen LogP) is 5.65. The Hall–Kier alpha value is -5.09. The number of fused-ring (bicyclic) bond motifs is 1. The van der Waals surface area contributed by atoms with Crippen LogP contribution in [0.4, 0.5) is 11.6 Å². The van der Waals surface area contributed by atoms with Crippen LogP contribution < -0.4 is 10.2 Å². The molecule has 198 valence electrons. The molecule has 0 saturated carbocycles. The van der Waals surface area contributed by atoms with Crippen LogP contribution in [0.5, 0.6) is 0 Å². The summed E-state index contributed by atoms with van der Waals surface area (Å²) in [5.41, 5.74) is 4.69. The molecule has 0 bridgehead atoms. The SMILES string of the molecule is CN(C(=O)c1ccccc1)c1ccc2c(c1)nc(NC(=O)c1ccc(-c3cn[nH]c3)s1)n2CCc1ccccn1. The van der Waals surface area contributed by atoms with Crippen LogP contribution in [0.1, 0.15) is 25.7 Å². The Labute approximate surface area is 234 Å². The molecule has 0 aliphatic rings. The van der Waals surface area contributed by atoms with E-state index in [4.69, 9.17) is 4.98 Å². The van der Waals surface area contributed by atoms with Gasteiger partial charge in [-0.2, -0.15) is 5.10 Å². The highest BCUT2D eigenvalue weighted by Gasteiger charge is 2.19. The maximum atomic E-state index is 13.3. The van der Waals surface area contributed by atoms with E-state index in [1.807, 2.05) is 65.2 Å².